The molecule has 1 heterocycles. The molecular formula is C22H17Cl2N. The number of rotatable bonds is 1. The number of benzene rings is 3. The van der Waals surface area contributed by atoms with Crippen LogP contribution < -0.4 is 5.32 Å². The van der Waals surface area contributed by atoms with Gasteiger partial charge in [-0.25, -0.2) is 0 Å². The van der Waals surface area contributed by atoms with Gasteiger partial charge in [-0.3, -0.25) is 0 Å². The molecule has 1 N–H and O–H groups in total. The van der Waals surface area contributed by atoms with E-state index in [9.17, 15) is 0 Å². The smallest absolute Gasteiger partial charge is 0.0655 e. The predicted octanol–water partition coefficient (Wildman–Crippen LogP) is 6.97. The summed E-state index contributed by atoms with van der Waals surface area (Å²) < 4.78 is 0. The van der Waals surface area contributed by atoms with Crippen LogP contribution in [0.1, 0.15) is 29.5 Å². The van der Waals surface area contributed by atoms with Gasteiger partial charge in [-0.05, 0) is 46.4 Å². The molecule has 0 bridgehead atoms. The number of fused-ring (bicyclic) bond motifs is 4. The Morgan fingerprint density at radius 3 is 2.68 bits per heavy atom. The zero-order valence-electron chi connectivity index (χ0n) is 13.5. The molecule has 3 heteroatoms. The molecule has 1 aliphatic carbocycles. The van der Waals surface area contributed by atoms with Gasteiger partial charge >= 0.3 is 0 Å². The molecule has 0 amide bonds. The molecule has 5 rings (SSSR count). The van der Waals surface area contributed by atoms with Crippen LogP contribution >= 0.6 is 23.2 Å². The first-order valence-corrected chi connectivity index (χ1v) is 9.38. The molecule has 3 aromatic rings. The fourth-order valence-electron chi connectivity index (χ4n) is 4.45. The monoisotopic (exact) mass is 365 g/mol. The lowest BCUT2D eigenvalue weighted by Crippen LogP contribution is -2.29. The van der Waals surface area contributed by atoms with Crippen molar-refractivity contribution in [3.8, 4) is 0 Å². The van der Waals surface area contributed by atoms with E-state index in [0.717, 1.165) is 12.1 Å². The van der Waals surface area contributed by atoms with E-state index >= 15 is 0 Å². The summed E-state index contributed by atoms with van der Waals surface area (Å²) >= 11 is 12.8. The summed E-state index contributed by atoms with van der Waals surface area (Å²) in [6.45, 7) is 0. The first-order valence-electron chi connectivity index (χ1n) is 8.62. The molecule has 25 heavy (non-hydrogen) atoms. The Hall–Kier alpha value is -1.96. The van der Waals surface area contributed by atoms with E-state index in [4.69, 9.17) is 23.2 Å². The molecule has 2 aliphatic rings. The third-order valence-corrected chi connectivity index (χ3v) is 6.06. The molecule has 0 radical (unpaired) electrons. The van der Waals surface area contributed by atoms with Crippen LogP contribution in [0.2, 0.25) is 10.0 Å². The molecule has 0 fully saturated rings. The summed E-state index contributed by atoms with van der Waals surface area (Å²) in [6.07, 6.45) is 5.67. The SMILES string of the molecule is Clc1cc(Cl)c2c(c1)C1C=CCC1C(c1cccc3ccccc13)N2. The second-order valence-corrected chi connectivity index (χ2v) is 7.74. The minimum atomic E-state index is 0.234. The van der Waals surface area contributed by atoms with Crippen LogP contribution in [0.3, 0.4) is 0 Å². The van der Waals surface area contributed by atoms with Crippen molar-refractivity contribution in [3.05, 3.63) is 87.9 Å². The van der Waals surface area contributed by atoms with Gasteiger partial charge in [0.1, 0.15) is 0 Å². The van der Waals surface area contributed by atoms with Crippen LogP contribution in [-0.4, -0.2) is 0 Å². The van der Waals surface area contributed by atoms with Crippen molar-refractivity contribution in [2.75, 3.05) is 5.32 Å². The van der Waals surface area contributed by atoms with E-state index < -0.39 is 0 Å². The number of allylic oxidation sites excluding steroid dienone is 2. The summed E-state index contributed by atoms with van der Waals surface area (Å²) in [5.41, 5.74) is 3.58. The topological polar surface area (TPSA) is 12.0 Å². The van der Waals surface area contributed by atoms with Gasteiger partial charge in [0.2, 0.25) is 0 Å². The van der Waals surface area contributed by atoms with Gasteiger partial charge in [-0.2, -0.15) is 0 Å². The van der Waals surface area contributed by atoms with E-state index in [1.165, 1.54) is 21.9 Å². The molecule has 0 aromatic heterocycles. The lowest BCUT2D eigenvalue weighted by Gasteiger charge is -2.38. The molecule has 124 valence electrons. The van der Waals surface area contributed by atoms with Crippen LogP contribution in [-0.2, 0) is 0 Å². The van der Waals surface area contributed by atoms with E-state index in [2.05, 4.69) is 66.0 Å². The van der Waals surface area contributed by atoms with Crippen molar-refractivity contribution < 1.29 is 0 Å². The Kier molecular flexibility index (Phi) is 3.55. The van der Waals surface area contributed by atoms with Gasteiger partial charge < -0.3 is 5.32 Å². The van der Waals surface area contributed by atoms with Crippen LogP contribution in [0.4, 0.5) is 5.69 Å². The molecule has 3 aromatic carbocycles. The third kappa shape index (κ3) is 2.38. The predicted molar refractivity (Wildman–Crippen MR) is 107 cm³/mol. The van der Waals surface area contributed by atoms with E-state index in [0.29, 0.717) is 21.9 Å². The van der Waals surface area contributed by atoms with Gasteiger partial charge in [-0.15, -0.1) is 0 Å². The first kappa shape index (κ1) is 15.3. The number of hydrogen-bond acceptors (Lipinski definition) is 1. The highest BCUT2D eigenvalue weighted by molar-refractivity contribution is 6.36. The van der Waals surface area contributed by atoms with Crippen LogP contribution in [0, 0.1) is 5.92 Å². The van der Waals surface area contributed by atoms with Crippen molar-refractivity contribution in [1.29, 1.82) is 0 Å². The van der Waals surface area contributed by atoms with Crippen LogP contribution in [0.15, 0.2) is 66.7 Å². The Bertz CT molecular complexity index is 1000. The Balaban J connectivity index is 1.70. The number of halogens is 2. The molecule has 1 aliphatic heterocycles. The largest absolute Gasteiger partial charge is 0.376 e. The second kappa shape index (κ2) is 5.79. The second-order valence-electron chi connectivity index (χ2n) is 6.90. The zero-order valence-corrected chi connectivity index (χ0v) is 15.1. The van der Waals surface area contributed by atoms with Gasteiger partial charge in [0.05, 0.1) is 16.8 Å². The minimum Gasteiger partial charge on any atom is -0.376 e. The third-order valence-electron chi connectivity index (χ3n) is 5.54. The maximum atomic E-state index is 6.54. The van der Waals surface area contributed by atoms with E-state index in [1.807, 2.05) is 6.07 Å². The van der Waals surface area contributed by atoms with Crippen molar-refractivity contribution in [3.63, 3.8) is 0 Å². The van der Waals surface area contributed by atoms with Crippen molar-refractivity contribution in [2.45, 2.75) is 18.4 Å². The number of nitrogens with one attached hydrogen (secondary N) is 1. The molecular weight excluding hydrogens is 349 g/mol. The van der Waals surface area contributed by atoms with Gasteiger partial charge in [-0.1, -0.05) is 77.8 Å². The molecule has 3 atom stereocenters. The molecule has 0 saturated heterocycles. The highest BCUT2D eigenvalue weighted by Crippen LogP contribution is 2.52. The standard InChI is InChI=1S/C22H17Cl2N/c23-14-11-19-16-8-4-10-18(16)21(25-22(19)20(24)12-14)17-9-3-6-13-5-1-2-7-15(13)17/h1-9,11-12,16,18,21,25H,10H2. The average Bonchev–Trinajstić information content (AvgIpc) is 3.11. The number of anilines is 1. The summed E-state index contributed by atoms with van der Waals surface area (Å²) in [5, 5.41) is 7.73. The summed E-state index contributed by atoms with van der Waals surface area (Å²) in [7, 11) is 0. The highest BCUT2D eigenvalue weighted by atomic mass is 35.5. The summed E-state index contributed by atoms with van der Waals surface area (Å²) in [4.78, 5) is 0. The van der Waals surface area contributed by atoms with Gasteiger partial charge in [0, 0.05) is 10.9 Å². The molecule has 1 nitrogen and oxygen atoms in total. The Labute approximate surface area is 157 Å². The van der Waals surface area contributed by atoms with E-state index in [-0.39, 0.29) is 6.04 Å². The fourth-order valence-corrected chi connectivity index (χ4v) is 5.01. The average molecular weight is 366 g/mol. The van der Waals surface area contributed by atoms with Crippen molar-refractivity contribution >= 4 is 39.7 Å². The minimum absolute atomic E-state index is 0.234. The van der Waals surface area contributed by atoms with Crippen LogP contribution in [0.5, 0.6) is 0 Å². The maximum absolute atomic E-state index is 6.54. The zero-order chi connectivity index (χ0) is 17.0. The van der Waals surface area contributed by atoms with E-state index in [1.54, 1.807) is 0 Å². The molecule has 0 saturated carbocycles. The van der Waals surface area contributed by atoms with Gasteiger partial charge in [0.15, 0.2) is 0 Å². The lowest BCUT2D eigenvalue weighted by atomic mass is 9.76. The normalized spacial score (nSPS) is 24.0. The molecule has 0 spiro atoms. The maximum Gasteiger partial charge on any atom is 0.0655 e. The first-order chi connectivity index (χ1) is 12.2. The summed E-state index contributed by atoms with van der Waals surface area (Å²) in [6, 6.07) is 19.3. The van der Waals surface area contributed by atoms with Crippen LogP contribution in [0.25, 0.3) is 10.8 Å². The fraction of sp³-hybridized carbons (Fsp3) is 0.182. The van der Waals surface area contributed by atoms with Gasteiger partial charge in [0.25, 0.3) is 0 Å². The number of hydrogen-bond donors (Lipinski definition) is 1. The Morgan fingerprint density at radius 1 is 0.920 bits per heavy atom. The Morgan fingerprint density at radius 2 is 1.76 bits per heavy atom. The quantitative estimate of drug-likeness (QED) is 0.459. The van der Waals surface area contributed by atoms with Crippen molar-refractivity contribution in [1.82, 2.24) is 0 Å². The van der Waals surface area contributed by atoms with Crippen molar-refractivity contribution in [2.24, 2.45) is 5.92 Å². The highest BCUT2D eigenvalue weighted by Gasteiger charge is 2.39. The lowest BCUT2D eigenvalue weighted by molar-refractivity contribution is 0.427. The molecule has 3 unspecified atom stereocenters. The summed E-state index contributed by atoms with van der Waals surface area (Å²) in [5.74, 6) is 0.837.